The first kappa shape index (κ1) is 15.8. The summed E-state index contributed by atoms with van der Waals surface area (Å²) in [4.78, 5) is 4.30. The van der Waals surface area contributed by atoms with E-state index >= 15 is 0 Å². The number of phenols is 1. The highest BCUT2D eigenvalue weighted by atomic mass is 79.9. The summed E-state index contributed by atoms with van der Waals surface area (Å²) in [5.41, 5.74) is 2.75. The Bertz CT molecular complexity index is 833. The largest absolute Gasteiger partial charge is 0.505 e. The van der Waals surface area contributed by atoms with Gasteiger partial charge in [0.2, 0.25) is 0 Å². The fraction of sp³-hybridized carbons (Fsp3) is 0.211. The molecule has 0 amide bonds. The molecule has 0 fully saturated rings. The predicted molar refractivity (Wildman–Crippen MR) is 96.1 cm³/mol. The van der Waals surface area contributed by atoms with Crippen molar-refractivity contribution in [2.75, 3.05) is 7.11 Å². The number of methoxy groups -OCH3 is 1. The van der Waals surface area contributed by atoms with Crippen LogP contribution in [0, 0.1) is 0 Å². The fourth-order valence-electron chi connectivity index (χ4n) is 2.81. The molecule has 2 aromatic carbocycles. The number of halogens is 1. The van der Waals surface area contributed by atoms with Crippen molar-refractivity contribution >= 4 is 26.8 Å². The van der Waals surface area contributed by atoms with Gasteiger partial charge >= 0.3 is 0 Å². The minimum absolute atomic E-state index is 0.281. The quantitative estimate of drug-likeness (QED) is 0.694. The Labute approximate surface area is 144 Å². The van der Waals surface area contributed by atoms with Gasteiger partial charge in [0.1, 0.15) is 17.0 Å². The monoisotopic (exact) mass is 371 g/mol. The van der Waals surface area contributed by atoms with Crippen LogP contribution in [-0.4, -0.2) is 17.2 Å². The van der Waals surface area contributed by atoms with E-state index in [9.17, 15) is 5.11 Å². The SMILES string of the molecule is COc1ccccc1CCCc1cc(Br)c2cccnc2c1O. The fourth-order valence-corrected chi connectivity index (χ4v) is 3.40. The molecule has 0 unspecified atom stereocenters. The van der Waals surface area contributed by atoms with Gasteiger partial charge in [0.05, 0.1) is 7.11 Å². The van der Waals surface area contributed by atoms with E-state index in [0.29, 0.717) is 5.52 Å². The minimum Gasteiger partial charge on any atom is -0.505 e. The summed E-state index contributed by atoms with van der Waals surface area (Å²) < 4.78 is 6.35. The molecule has 1 N–H and O–H groups in total. The van der Waals surface area contributed by atoms with E-state index in [1.165, 1.54) is 5.56 Å². The molecule has 0 aliphatic rings. The Morgan fingerprint density at radius 1 is 1.09 bits per heavy atom. The van der Waals surface area contributed by atoms with E-state index in [0.717, 1.165) is 40.4 Å². The second-order valence-electron chi connectivity index (χ2n) is 5.43. The van der Waals surface area contributed by atoms with Crippen LogP contribution in [0.15, 0.2) is 53.1 Å². The van der Waals surface area contributed by atoms with E-state index in [1.807, 2.05) is 36.4 Å². The molecule has 0 aliphatic carbocycles. The highest BCUT2D eigenvalue weighted by molar-refractivity contribution is 9.10. The van der Waals surface area contributed by atoms with Crippen molar-refractivity contribution in [1.82, 2.24) is 4.98 Å². The number of phenolic OH excluding ortho intramolecular Hbond substituents is 1. The van der Waals surface area contributed by atoms with Crippen LogP contribution in [-0.2, 0) is 12.8 Å². The van der Waals surface area contributed by atoms with Gasteiger partial charge in [0.25, 0.3) is 0 Å². The standard InChI is InChI=1S/C19H18BrNO2/c1-23-17-10-3-2-6-13(17)7-4-8-14-12-16(20)15-9-5-11-21-18(15)19(14)22/h2-3,5-6,9-12,22H,4,7-8H2,1H3. The smallest absolute Gasteiger partial charge is 0.145 e. The van der Waals surface area contributed by atoms with Crippen LogP contribution in [0.5, 0.6) is 11.5 Å². The summed E-state index contributed by atoms with van der Waals surface area (Å²) in [6.07, 6.45) is 4.32. The zero-order chi connectivity index (χ0) is 16.2. The number of aromatic nitrogens is 1. The normalized spacial score (nSPS) is 10.9. The molecule has 0 bridgehead atoms. The predicted octanol–water partition coefficient (Wildman–Crippen LogP) is 4.89. The topological polar surface area (TPSA) is 42.4 Å². The van der Waals surface area contributed by atoms with Gasteiger partial charge < -0.3 is 9.84 Å². The molecular formula is C19H18BrNO2. The molecule has 0 atom stereocenters. The third-order valence-corrected chi connectivity index (χ3v) is 4.64. The number of aromatic hydroxyl groups is 1. The lowest BCUT2D eigenvalue weighted by Crippen LogP contribution is -1.95. The number of para-hydroxylation sites is 1. The molecule has 1 aromatic heterocycles. The summed E-state index contributed by atoms with van der Waals surface area (Å²) in [5, 5.41) is 11.4. The summed E-state index contributed by atoms with van der Waals surface area (Å²) in [5.74, 6) is 1.20. The lowest BCUT2D eigenvalue weighted by atomic mass is 10.0. The molecule has 1 heterocycles. The van der Waals surface area contributed by atoms with Gasteiger partial charge in [-0.05, 0) is 48.6 Å². The first-order valence-corrected chi connectivity index (χ1v) is 8.37. The number of hydrogen-bond acceptors (Lipinski definition) is 3. The Balaban J connectivity index is 1.78. The first-order chi connectivity index (χ1) is 11.2. The maximum atomic E-state index is 10.5. The van der Waals surface area contributed by atoms with Crippen molar-refractivity contribution in [3.63, 3.8) is 0 Å². The highest BCUT2D eigenvalue weighted by Crippen LogP contribution is 2.34. The average Bonchev–Trinajstić information content (AvgIpc) is 2.59. The van der Waals surface area contributed by atoms with Crippen LogP contribution < -0.4 is 4.74 Å². The lowest BCUT2D eigenvalue weighted by Gasteiger charge is -2.11. The number of hydrogen-bond donors (Lipinski definition) is 1. The minimum atomic E-state index is 0.281. The van der Waals surface area contributed by atoms with Crippen LogP contribution in [0.1, 0.15) is 17.5 Å². The molecular weight excluding hydrogens is 354 g/mol. The second-order valence-corrected chi connectivity index (χ2v) is 6.29. The van der Waals surface area contributed by atoms with Crippen molar-refractivity contribution in [3.8, 4) is 11.5 Å². The summed E-state index contributed by atoms with van der Waals surface area (Å²) in [6.45, 7) is 0. The average molecular weight is 372 g/mol. The van der Waals surface area contributed by atoms with Crippen molar-refractivity contribution < 1.29 is 9.84 Å². The molecule has 3 nitrogen and oxygen atoms in total. The number of benzene rings is 2. The summed E-state index contributed by atoms with van der Waals surface area (Å²) in [6, 6.07) is 13.9. The van der Waals surface area contributed by atoms with Crippen molar-refractivity contribution in [2.45, 2.75) is 19.3 Å². The summed E-state index contributed by atoms with van der Waals surface area (Å²) in [7, 11) is 1.69. The lowest BCUT2D eigenvalue weighted by molar-refractivity contribution is 0.409. The van der Waals surface area contributed by atoms with E-state index in [4.69, 9.17) is 4.74 Å². The van der Waals surface area contributed by atoms with Gasteiger partial charge in [-0.2, -0.15) is 0 Å². The molecule has 0 aliphatic heterocycles. The zero-order valence-corrected chi connectivity index (χ0v) is 14.5. The third-order valence-electron chi connectivity index (χ3n) is 3.98. The third kappa shape index (κ3) is 3.32. The molecule has 0 radical (unpaired) electrons. The highest BCUT2D eigenvalue weighted by Gasteiger charge is 2.11. The number of rotatable bonds is 5. The number of nitrogens with zero attached hydrogens (tertiary/aromatic N) is 1. The molecule has 0 spiro atoms. The van der Waals surface area contributed by atoms with Crippen LogP contribution in [0.4, 0.5) is 0 Å². The van der Waals surface area contributed by atoms with Crippen LogP contribution in [0.2, 0.25) is 0 Å². The van der Waals surface area contributed by atoms with E-state index < -0.39 is 0 Å². The van der Waals surface area contributed by atoms with Crippen LogP contribution in [0.3, 0.4) is 0 Å². The molecule has 4 heteroatoms. The zero-order valence-electron chi connectivity index (χ0n) is 12.9. The maximum absolute atomic E-state index is 10.5. The molecule has 0 saturated carbocycles. The van der Waals surface area contributed by atoms with E-state index in [-0.39, 0.29) is 5.75 Å². The Morgan fingerprint density at radius 3 is 2.70 bits per heavy atom. The van der Waals surface area contributed by atoms with E-state index in [1.54, 1.807) is 13.3 Å². The molecule has 3 aromatic rings. The second kappa shape index (κ2) is 7.01. The maximum Gasteiger partial charge on any atom is 0.145 e. The van der Waals surface area contributed by atoms with Gasteiger partial charge in [-0.3, -0.25) is 4.98 Å². The number of pyridine rings is 1. The molecule has 0 saturated heterocycles. The van der Waals surface area contributed by atoms with E-state index in [2.05, 4.69) is 27.0 Å². The Morgan fingerprint density at radius 2 is 1.87 bits per heavy atom. The molecule has 23 heavy (non-hydrogen) atoms. The Hall–Kier alpha value is -2.07. The van der Waals surface area contributed by atoms with Crippen molar-refractivity contribution in [3.05, 3.63) is 64.3 Å². The van der Waals surface area contributed by atoms with Gasteiger partial charge in [0.15, 0.2) is 0 Å². The summed E-state index contributed by atoms with van der Waals surface area (Å²) >= 11 is 3.57. The van der Waals surface area contributed by atoms with Gasteiger partial charge in [-0.1, -0.05) is 40.2 Å². The molecule has 118 valence electrons. The van der Waals surface area contributed by atoms with Crippen LogP contribution in [0.25, 0.3) is 10.9 Å². The van der Waals surface area contributed by atoms with Gasteiger partial charge in [-0.25, -0.2) is 0 Å². The number of ether oxygens (including phenoxy) is 1. The van der Waals surface area contributed by atoms with Gasteiger partial charge in [0, 0.05) is 16.1 Å². The number of fused-ring (bicyclic) bond motifs is 1. The number of aryl methyl sites for hydroxylation is 2. The van der Waals surface area contributed by atoms with Crippen molar-refractivity contribution in [1.29, 1.82) is 0 Å². The van der Waals surface area contributed by atoms with Crippen LogP contribution >= 0.6 is 15.9 Å². The van der Waals surface area contributed by atoms with Gasteiger partial charge in [-0.15, -0.1) is 0 Å². The first-order valence-electron chi connectivity index (χ1n) is 7.57. The van der Waals surface area contributed by atoms with Crippen molar-refractivity contribution in [2.24, 2.45) is 0 Å². The molecule has 3 rings (SSSR count). The Kier molecular flexibility index (Phi) is 4.82.